The van der Waals surface area contributed by atoms with Gasteiger partial charge in [0.15, 0.2) is 10.9 Å². The number of carbonyl (C=O) groups is 1. The van der Waals surface area contributed by atoms with E-state index in [4.69, 9.17) is 9.47 Å². The summed E-state index contributed by atoms with van der Waals surface area (Å²) in [7, 11) is 4.08. The molecular weight excluding hydrogens is 347 g/mol. The lowest BCUT2D eigenvalue weighted by Gasteiger charge is -2.09. The topological polar surface area (TPSA) is 66.2 Å². The Balaban J connectivity index is 2.16. The van der Waals surface area contributed by atoms with Crippen LogP contribution in [-0.4, -0.2) is 40.5 Å². The molecule has 1 heterocycles. The first-order valence-corrected chi connectivity index (χ1v) is 7.61. The van der Waals surface area contributed by atoms with E-state index in [1.807, 2.05) is 0 Å². The van der Waals surface area contributed by atoms with Crippen LogP contribution in [0.25, 0.3) is 0 Å². The van der Waals surface area contributed by atoms with Crippen LogP contribution in [0.5, 0.6) is 11.5 Å². The van der Waals surface area contributed by atoms with Crippen LogP contribution < -0.4 is 9.47 Å². The maximum absolute atomic E-state index is 12.7. The summed E-state index contributed by atoms with van der Waals surface area (Å²) in [6, 6.07) is 4.74. The average molecular weight is 361 g/mol. The van der Waals surface area contributed by atoms with Gasteiger partial charge in [-0.3, -0.25) is 4.79 Å². The number of Topliss-reactive ketones (excluding diaryl/α,β-unsaturated/α-hetero) is 1. The largest absolute Gasteiger partial charge is 0.497 e. The van der Waals surface area contributed by atoms with Crippen LogP contribution in [-0.2, 0) is 13.2 Å². The van der Waals surface area contributed by atoms with Crippen molar-refractivity contribution in [2.75, 3.05) is 20.0 Å². The first-order chi connectivity index (χ1) is 11.3. The molecule has 1 aromatic heterocycles. The zero-order valence-electron chi connectivity index (χ0n) is 13.0. The second-order valence-corrected chi connectivity index (χ2v) is 5.58. The summed E-state index contributed by atoms with van der Waals surface area (Å²) in [6.07, 6.45) is -4.60. The van der Waals surface area contributed by atoms with Gasteiger partial charge in [0.2, 0.25) is 5.82 Å². The van der Waals surface area contributed by atoms with E-state index >= 15 is 0 Å². The Labute approximate surface area is 140 Å². The average Bonchev–Trinajstić information content (AvgIpc) is 2.92. The third-order valence-corrected chi connectivity index (χ3v) is 4.15. The van der Waals surface area contributed by atoms with Gasteiger partial charge in [-0.15, -0.1) is 10.2 Å². The Kier molecular flexibility index (Phi) is 5.37. The number of thioether (sulfide) groups is 1. The van der Waals surface area contributed by atoms with E-state index in [1.165, 1.54) is 27.3 Å². The fraction of sp³-hybridized carbons (Fsp3) is 0.357. The van der Waals surface area contributed by atoms with Gasteiger partial charge in [0.1, 0.15) is 11.5 Å². The number of halogens is 3. The van der Waals surface area contributed by atoms with Gasteiger partial charge in [-0.05, 0) is 18.2 Å². The summed E-state index contributed by atoms with van der Waals surface area (Å²) >= 11 is 0.863. The monoisotopic (exact) mass is 361 g/mol. The molecule has 0 fully saturated rings. The highest BCUT2D eigenvalue weighted by molar-refractivity contribution is 7.99. The van der Waals surface area contributed by atoms with Gasteiger partial charge >= 0.3 is 6.18 Å². The number of hydrogen-bond acceptors (Lipinski definition) is 6. The Morgan fingerprint density at radius 2 is 1.96 bits per heavy atom. The first-order valence-electron chi connectivity index (χ1n) is 6.62. The maximum atomic E-state index is 12.7. The molecule has 2 aromatic rings. The molecule has 0 saturated carbocycles. The van der Waals surface area contributed by atoms with E-state index in [-0.39, 0.29) is 22.3 Å². The molecule has 0 aliphatic rings. The number of carbonyl (C=O) groups excluding carboxylic acids is 1. The second kappa shape index (κ2) is 7.12. The molecule has 0 bridgehead atoms. The molecule has 0 spiro atoms. The fourth-order valence-corrected chi connectivity index (χ4v) is 2.72. The predicted molar refractivity (Wildman–Crippen MR) is 80.6 cm³/mol. The highest BCUT2D eigenvalue weighted by Gasteiger charge is 2.37. The maximum Gasteiger partial charge on any atom is 0.451 e. The van der Waals surface area contributed by atoms with Crippen molar-refractivity contribution in [3.63, 3.8) is 0 Å². The SMILES string of the molecule is COc1ccc(OC)c(C(=O)CSc2nnc(C(F)(F)F)n2C)c1. The van der Waals surface area contributed by atoms with Crippen LogP contribution >= 0.6 is 11.8 Å². The first kappa shape index (κ1) is 18.1. The smallest absolute Gasteiger partial charge is 0.451 e. The van der Waals surface area contributed by atoms with Gasteiger partial charge in [0, 0.05) is 7.05 Å². The van der Waals surface area contributed by atoms with E-state index in [0.717, 1.165) is 16.3 Å². The second-order valence-electron chi connectivity index (χ2n) is 4.64. The van der Waals surface area contributed by atoms with Crippen molar-refractivity contribution in [3.05, 3.63) is 29.6 Å². The zero-order valence-corrected chi connectivity index (χ0v) is 13.9. The van der Waals surface area contributed by atoms with Crippen molar-refractivity contribution in [1.29, 1.82) is 0 Å². The normalized spacial score (nSPS) is 11.4. The lowest BCUT2D eigenvalue weighted by molar-refractivity contribution is -0.147. The van der Waals surface area contributed by atoms with E-state index < -0.39 is 12.0 Å². The van der Waals surface area contributed by atoms with E-state index in [0.29, 0.717) is 11.5 Å². The third kappa shape index (κ3) is 3.81. The van der Waals surface area contributed by atoms with Crippen molar-refractivity contribution in [2.24, 2.45) is 7.05 Å². The highest BCUT2D eigenvalue weighted by Crippen LogP contribution is 2.30. The van der Waals surface area contributed by atoms with Crippen LogP contribution in [0.3, 0.4) is 0 Å². The summed E-state index contributed by atoms with van der Waals surface area (Å²) in [4.78, 5) is 12.3. The van der Waals surface area contributed by atoms with E-state index in [2.05, 4.69) is 10.2 Å². The number of rotatable bonds is 6. The molecule has 2 rings (SSSR count). The number of ether oxygens (including phenoxy) is 2. The van der Waals surface area contributed by atoms with E-state index in [9.17, 15) is 18.0 Å². The van der Waals surface area contributed by atoms with Gasteiger partial charge < -0.3 is 14.0 Å². The lowest BCUT2D eigenvalue weighted by Crippen LogP contribution is -2.13. The Hall–Kier alpha value is -2.23. The molecule has 0 N–H and O–H groups in total. The van der Waals surface area contributed by atoms with Gasteiger partial charge in [-0.25, -0.2) is 0 Å². The van der Waals surface area contributed by atoms with Crippen molar-refractivity contribution in [1.82, 2.24) is 14.8 Å². The molecular formula is C14H14F3N3O3S. The van der Waals surface area contributed by atoms with Gasteiger partial charge in [0.05, 0.1) is 25.5 Å². The third-order valence-electron chi connectivity index (χ3n) is 3.13. The minimum absolute atomic E-state index is 0.00228. The number of hydrogen-bond donors (Lipinski definition) is 0. The number of methoxy groups -OCH3 is 2. The number of alkyl halides is 3. The molecule has 10 heteroatoms. The molecule has 130 valence electrons. The van der Waals surface area contributed by atoms with Crippen LogP contribution in [0.4, 0.5) is 13.2 Å². The van der Waals surface area contributed by atoms with Gasteiger partial charge in [-0.1, -0.05) is 11.8 Å². The minimum Gasteiger partial charge on any atom is -0.497 e. The molecule has 0 saturated heterocycles. The van der Waals surface area contributed by atoms with Gasteiger partial charge in [-0.2, -0.15) is 13.2 Å². The summed E-state index contributed by atoms with van der Waals surface area (Å²) in [5.41, 5.74) is 0.280. The molecule has 1 aromatic carbocycles. The molecule has 0 amide bonds. The summed E-state index contributed by atoms with van der Waals surface area (Å²) < 4.78 is 49.0. The molecule has 0 aliphatic carbocycles. The summed E-state index contributed by atoms with van der Waals surface area (Å²) in [5, 5.41) is 6.58. The number of benzene rings is 1. The molecule has 0 atom stereocenters. The van der Waals surface area contributed by atoms with Crippen LogP contribution in [0.2, 0.25) is 0 Å². The molecule has 0 radical (unpaired) electrons. The standard InChI is InChI=1S/C14H14F3N3O3S/c1-20-12(14(15,16)17)18-19-13(20)24-7-10(21)9-6-8(22-2)4-5-11(9)23-3/h4-6H,7H2,1-3H3. The van der Waals surface area contributed by atoms with Crippen molar-refractivity contribution < 1.29 is 27.4 Å². The van der Waals surface area contributed by atoms with Gasteiger partial charge in [0.25, 0.3) is 0 Å². The van der Waals surface area contributed by atoms with Crippen LogP contribution in [0, 0.1) is 0 Å². The minimum atomic E-state index is -4.60. The lowest BCUT2D eigenvalue weighted by atomic mass is 10.1. The van der Waals surface area contributed by atoms with Crippen molar-refractivity contribution in [2.45, 2.75) is 11.3 Å². The number of nitrogens with zero attached hydrogens (tertiary/aromatic N) is 3. The quantitative estimate of drug-likeness (QED) is 0.582. The molecule has 24 heavy (non-hydrogen) atoms. The van der Waals surface area contributed by atoms with Crippen LogP contribution in [0.1, 0.15) is 16.2 Å². The Bertz CT molecular complexity index is 747. The number of ketones is 1. The number of aromatic nitrogens is 3. The summed E-state index contributed by atoms with van der Waals surface area (Å²) in [6.45, 7) is 0. The molecule has 0 aliphatic heterocycles. The molecule has 6 nitrogen and oxygen atoms in total. The highest BCUT2D eigenvalue weighted by atomic mass is 32.2. The Morgan fingerprint density at radius 3 is 2.50 bits per heavy atom. The van der Waals surface area contributed by atoms with Crippen molar-refractivity contribution in [3.8, 4) is 11.5 Å². The predicted octanol–water partition coefficient (Wildman–Crippen LogP) is 2.83. The Morgan fingerprint density at radius 1 is 1.25 bits per heavy atom. The zero-order chi connectivity index (χ0) is 17.9. The molecule has 0 unspecified atom stereocenters. The fourth-order valence-electron chi connectivity index (χ4n) is 1.93. The van der Waals surface area contributed by atoms with Crippen LogP contribution in [0.15, 0.2) is 23.4 Å². The summed E-state index contributed by atoms with van der Waals surface area (Å²) in [5.74, 6) is -0.728. The van der Waals surface area contributed by atoms with Crippen molar-refractivity contribution >= 4 is 17.5 Å². The van der Waals surface area contributed by atoms with E-state index in [1.54, 1.807) is 12.1 Å².